The Kier molecular flexibility index (Phi) is 24.9. The molecule has 0 saturated carbocycles. The molecule has 8 atom stereocenters. The third-order valence-corrected chi connectivity index (χ3v) is 20.9. The number of nitrogens with two attached hydrogens (primary N) is 1. The van der Waals surface area contributed by atoms with Crippen LogP contribution in [0, 0.1) is 13.8 Å². The second kappa shape index (κ2) is 33.5. The number of esters is 1. The quantitative estimate of drug-likeness (QED) is 0.00576. The van der Waals surface area contributed by atoms with Gasteiger partial charge in [-0.2, -0.15) is 13.4 Å². The van der Waals surface area contributed by atoms with E-state index in [1.54, 1.807) is 6.92 Å². The highest BCUT2D eigenvalue weighted by Gasteiger charge is 2.46. The number of carbonyl (C=O) groups excluding carboxylic acids is 9. The Balaban J connectivity index is 0.774. The largest absolute Gasteiger partial charge is 0.480 e. The molecular formula is C66H76N16O19S3. The highest BCUT2D eigenvalue weighted by Crippen LogP contribution is 2.48. The number of amides is 6. The second-order valence-corrected chi connectivity index (χ2v) is 29.0. The topological polar surface area (TPSA) is 540 Å². The molecule has 1 unspecified atom stereocenters. The van der Waals surface area contributed by atoms with Gasteiger partial charge in [-0.25, -0.2) is 29.8 Å². The number of H-pyrrole nitrogens is 3. The fraction of sp³-hybridized carbons (Fsp3) is 0.409. The van der Waals surface area contributed by atoms with Crippen molar-refractivity contribution in [3.05, 3.63) is 121 Å². The summed E-state index contributed by atoms with van der Waals surface area (Å²) in [6.07, 6.45) is -1.17. The molecule has 0 fully saturated rings. The van der Waals surface area contributed by atoms with Crippen molar-refractivity contribution >= 4 is 142 Å². The van der Waals surface area contributed by atoms with E-state index in [4.69, 9.17) is 29.7 Å². The zero-order chi connectivity index (χ0) is 75.6. The van der Waals surface area contributed by atoms with Gasteiger partial charge in [0, 0.05) is 111 Å². The maximum Gasteiger partial charge on any atom is 0.426 e. The van der Waals surface area contributed by atoms with Crippen molar-refractivity contribution in [1.29, 1.82) is 0 Å². The zero-order valence-electron chi connectivity index (χ0n) is 57.1. The normalized spacial score (nSPS) is 16.8. The lowest BCUT2D eigenvalue weighted by atomic mass is 9.84. The molecule has 8 bridgehead atoms. The maximum absolute atomic E-state index is 14.5. The number of aliphatic carboxylic acids is 2. The van der Waals surface area contributed by atoms with Crippen LogP contribution in [0.15, 0.2) is 53.5 Å². The number of aryl methyl sites for hydroxylation is 2. The number of carboxylic acid groups (broad SMARTS) is 2. The molecule has 0 saturated heterocycles. The summed E-state index contributed by atoms with van der Waals surface area (Å²) in [5.41, 5.74) is 17.3. The Labute approximate surface area is 599 Å². The first-order valence-corrected chi connectivity index (χ1v) is 36.7. The van der Waals surface area contributed by atoms with Crippen LogP contribution in [0.5, 0.6) is 0 Å². The fourth-order valence-electron chi connectivity index (χ4n) is 12.4. The number of benzene rings is 1. The van der Waals surface area contributed by atoms with Crippen molar-refractivity contribution in [3.8, 4) is 0 Å². The van der Waals surface area contributed by atoms with Gasteiger partial charge in [-0.15, -0.1) is 0 Å². The molecule has 552 valence electrons. The van der Waals surface area contributed by atoms with Crippen LogP contribution < -0.4 is 48.7 Å². The van der Waals surface area contributed by atoms with E-state index in [0.717, 1.165) is 39.4 Å². The molecule has 9 rings (SSSR count). The van der Waals surface area contributed by atoms with Gasteiger partial charge in [0.25, 0.3) is 21.6 Å². The number of Topliss-reactive ketones (excluding diaryl/α,β-unsaturated/α-hetero) is 2. The van der Waals surface area contributed by atoms with E-state index >= 15 is 0 Å². The molecule has 38 heteroatoms. The van der Waals surface area contributed by atoms with Crippen LogP contribution >= 0.6 is 21.6 Å². The first-order chi connectivity index (χ1) is 49.3. The number of anilines is 2. The van der Waals surface area contributed by atoms with Crippen LogP contribution in [0.2, 0.25) is 0 Å². The molecule has 6 amide bonds. The van der Waals surface area contributed by atoms with E-state index in [1.165, 1.54) is 44.5 Å². The number of aromatic nitrogens is 8. The van der Waals surface area contributed by atoms with Gasteiger partial charge in [-0.05, 0) is 93.6 Å². The Morgan fingerprint density at radius 1 is 0.760 bits per heavy atom. The lowest BCUT2D eigenvalue weighted by molar-refractivity contribution is -0.142. The minimum Gasteiger partial charge on any atom is -0.480 e. The van der Waals surface area contributed by atoms with Gasteiger partial charge in [0.1, 0.15) is 30.7 Å². The Hall–Kier alpha value is -10.9. The van der Waals surface area contributed by atoms with Gasteiger partial charge in [-0.3, -0.25) is 68.1 Å². The SMILES string of the molecule is CC[C@H]1c2cc3[nH]c4c(c3C)C(=O)C(C(=O)OC)c4c3nc(cc4[nH]c(cc(n2)[C@@H]1C)c(C(C)=O)c4C)[C@@H](C)[C@@H]3CCC(=O)NNC(=O)OCCSSC[C@H](NC(=O)[C@H](CC(=O)NCCS(=O)(=O)O)NC(=O)CC[C@H](NC(=O)c1ccc(NCc2cnc3nc(N)[nH]c(=O)c3n2)cc1)C(=O)O)C(=O)O. The number of hydrogen-bond acceptors (Lipinski definition) is 25. The molecule has 5 aromatic heterocycles. The predicted molar refractivity (Wildman–Crippen MR) is 379 cm³/mol. The van der Waals surface area contributed by atoms with Crippen molar-refractivity contribution < 1.29 is 85.4 Å². The van der Waals surface area contributed by atoms with E-state index < -0.39 is 142 Å². The number of rotatable bonds is 30. The summed E-state index contributed by atoms with van der Waals surface area (Å²) in [6.45, 7) is 10.3. The number of hydrazine groups is 1. The molecule has 0 radical (unpaired) electrons. The van der Waals surface area contributed by atoms with E-state index in [9.17, 15) is 76.2 Å². The summed E-state index contributed by atoms with van der Waals surface area (Å²) in [4.78, 5) is 190. The lowest BCUT2D eigenvalue weighted by Crippen LogP contribution is -2.54. The number of ketones is 2. The van der Waals surface area contributed by atoms with Crippen LogP contribution in [0.25, 0.3) is 33.2 Å². The monoisotopic (exact) mass is 1490 g/mol. The minimum atomic E-state index is -4.55. The number of ether oxygens (including phenoxy) is 2. The van der Waals surface area contributed by atoms with E-state index in [-0.39, 0.29) is 77.8 Å². The first kappa shape index (κ1) is 77.3. The van der Waals surface area contributed by atoms with Crippen LogP contribution in [-0.2, 0) is 59.7 Å². The number of nitrogens with one attached hydrogen (secondary N) is 10. The summed E-state index contributed by atoms with van der Waals surface area (Å²) in [5, 5.41) is 32.0. The summed E-state index contributed by atoms with van der Waals surface area (Å²) in [7, 11) is -1.44. The molecule has 3 aliphatic rings. The zero-order valence-corrected chi connectivity index (χ0v) is 59.6. The summed E-state index contributed by atoms with van der Waals surface area (Å²) < 4.78 is 42.1. The molecule has 104 heavy (non-hydrogen) atoms. The number of methoxy groups -OCH3 is 1. The number of carboxylic acids is 2. The minimum absolute atomic E-state index is 0.000185. The summed E-state index contributed by atoms with van der Waals surface area (Å²) >= 11 is 0. The van der Waals surface area contributed by atoms with Crippen molar-refractivity contribution in [2.75, 3.05) is 48.6 Å². The fourth-order valence-corrected chi connectivity index (χ4v) is 14.8. The average Bonchev–Trinajstić information content (AvgIpc) is 1.56. The predicted octanol–water partition coefficient (Wildman–Crippen LogP) is 4.02. The van der Waals surface area contributed by atoms with Crippen LogP contribution in [0.3, 0.4) is 0 Å². The lowest BCUT2D eigenvalue weighted by Gasteiger charge is -2.21. The van der Waals surface area contributed by atoms with Crippen LogP contribution in [0.4, 0.5) is 16.4 Å². The smallest absolute Gasteiger partial charge is 0.426 e. The van der Waals surface area contributed by atoms with Gasteiger partial charge in [-0.1, -0.05) is 42.4 Å². The third kappa shape index (κ3) is 18.5. The van der Waals surface area contributed by atoms with Gasteiger partial charge in [0.15, 0.2) is 22.7 Å². The summed E-state index contributed by atoms with van der Waals surface area (Å²) in [5.74, 6) is -13.1. The molecule has 0 spiro atoms. The maximum atomic E-state index is 14.5. The summed E-state index contributed by atoms with van der Waals surface area (Å²) in [6, 6.07) is 6.18. The molecule has 2 aliphatic heterocycles. The molecule has 7 heterocycles. The number of carbonyl (C=O) groups is 11. The van der Waals surface area contributed by atoms with E-state index in [2.05, 4.69) is 81.2 Å². The Morgan fingerprint density at radius 3 is 2.12 bits per heavy atom. The number of fused-ring (bicyclic) bond motifs is 9. The molecule has 6 aromatic rings. The van der Waals surface area contributed by atoms with Crippen LogP contribution in [-0.4, -0.2) is 184 Å². The number of nitrogens with zero attached hydrogens (tertiary/aromatic N) is 5. The molecule has 15 N–H and O–H groups in total. The van der Waals surface area contributed by atoms with Gasteiger partial charge in [0.2, 0.25) is 29.6 Å². The van der Waals surface area contributed by atoms with E-state index in [0.29, 0.717) is 72.7 Å². The van der Waals surface area contributed by atoms with Crippen molar-refractivity contribution in [1.82, 2.24) is 72.0 Å². The molecule has 1 aliphatic carbocycles. The van der Waals surface area contributed by atoms with Gasteiger partial charge >= 0.3 is 24.0 Å². The van der Waals surface area contributed by atoms with Gasteiger partial charge in [0.05, 0.1) is 54.4 Å². The number of hydrogen-bond donors (Lipinski definition) is 14. The van der Waals surface area contributed by atoms with Crippen molar-refractivity contribution in [2.24, 2.45) is 0 Å². The standard InChI is InChI=1S/C66H76N16O19S3/c1-8-36-28(2)39-23-44-50(32(6)83)30(4)41(73-44)21-40-29(3)37(54(75-40)52-53(64(95)100-7)57(87)51-31(5)42(76-55(51)52)22-43(36)72-39)13-15-48(85)81-82-66(96)101-18-19-102-103-27-46(63(93)94)78-60(89)45(24-49(86)68-17-20-104(97,98)99)74-47(84)16-14-38(62(91)92)77-59(88)33-9-11-34(12-10-33)69-25-35-26-70-58-56(71-35)61(90)80-65(67)79-58/h9-12,21-23,26,28-29,36-38,45-46,53,69,73,76H,8,13-20,24-25,27H2,1-7H3,(H,68,86)(H,74,84)(H,77,88)(H,78,89)(H,81,85)(H,82,96)(H,91,92)(H,93,94)(H,97,98,99)(H3,67,70,79,80,90)/t28-,29+,36-,37+,38+,45+,46+,53?/m1/s1. The number of nitrogen functional groups attached to an aromatic ring is 1. The third-order valence-electron chi connectivity index (χ3n) is 17.8. The molecule has 1 aromatic carbocycles. The Bertz CT molecular complexity index is 4800. The first-order valence-electron chi connectivity index (χ1n) is 32.6. The van der Waals surface area contributed by atoms with E-state index in [1.807, 2.05) is 32.0 Å². The highest BCUT2D eigenvalue weighted by molar-refractivity contribution is 8.76. The van der Waals surface area contributed by atoms with Crippen molar-refractivity contribution in [2.45, 2.75) is 134 Å². The van der Waals surface area contributed by atoms with Crippen molar-refractivity contribution in [3.63, 3.8) is 0 Å². The molecular weight excluding hydrogens is 1420 g/mol. The molecule has 35 nitrogen and oxygen atoms in total. The Morgan fingerprint density at radius 2 is 1.44 bits per heavy atom. The van der Waals surface area contributed by atoms with Crippen LogP contribution in [0.1, 0.15) is 172 Å². The van der Waals surface area contributed by atoms with Gasteiger partial charge < -0.3 is 62.0 Å². The average molecular weight is 1490 g/mol. The second-order valence-electron chi connectivity index (χ2n) is 24.8. The highest BCUT2D eigenvalue weighted by atomic mass is 33.1. The number of aromatic amines is 3.